The van der Waals surface area contributed by atoms with Crippen LogP contribution in [0.2, 0.25) is 0 Å². The molecule has 1 heterocycles. The lowest BCUT2D eigenvalue weighted by atomic mass is 9.89. The smallest absolute Gasteiger partial charge is 0.0347 e. The van der Waals surface area contributed by atoms with Gasteiger partial charge in [-0.3, -0.25) is 4.90 Å². The molecule has 1 unspecified atom stereocenters. The van der Waals surface area contributed by atoms with Crippen LogP contribution in [0.4, 0.5) is 0 Å². The van der Waals surface area contributed by atoms with Crippen molar-refractivity contribution in [2.45, 2.75) is 31.3 Å². The second-order valence-electron chi connectivity index (χ2n) is 4.46. The van der Waals surface area contributed by atoms with Gasteiger partial charge in [0.2, 0.25) is 0 Å². The quantitative estimate of drug-likeness (QED) is 0.804. The highest BCUT2D eigenvalue weighted by Crippen LogP contribution is 2.32. The Hall–Kier alpha value is 0.620. The van der Waals surface area contributed by atoms with Crippen LogP contribution in [-0.2, 0) is 0 Å². The maximum absolute atomic E-state index is 6.02. The van der Waals surface area contributed by atoms with E-state index >= 15 is 0 Å². The average Bonchev–Trinajstić information content (AvgIpc) is 2.29. The van der Waals surface area contributed by atoms with E-state index < -0.39 is 0 Å². The molecule has 1 saturated heterocycles. The van der Waals surface area contributed by atoms with E-state index in [1.165, 1.54) is 30.1 Å². The molecule has 0 spiro atoms. The molecule has 0 bridgehead atoms. The van der Waals surface area contributed by atoms with Crippen LogP contribution >= 0.6 is 23.5 Å². The third-order valence-electron chi connectivity index (χ3n) is 3.62. The minimum atomic E-state index is 0.278. The predicted molar refractivity (Wildman–Crippen MR) is 74.0 cm³/mol. The highest BCUT2D eigenvalue weighted by Gasteiger charge is 2.36. The molecule has 2 nitrogen and oxygen atoms in total. The van der Waals surface area contributed by atoms with E-state index in [1.54, 1.807) is 0 Å². The van der Waals surface area contributed by atoms with Gasteiger partial charge in [-0.25, -0.2) is 0 Å². The van der Waals surface area contributed by atoms with Gasteiger partial charge in [0.25, 0.3) is 0 Å². The molecule has 0 amide bonds. The van der Waals surface area contributed by atoms with Gasteiger partial charge >= 0.3 is 0 Å². The van der Waals surface area contributed by atoms with E-state index in [2.05, 4.69) is 36.9 Å². The minimum absolute atomic E-state index is 0.278. The lowest BCUT2D eigenvalue weighted by Gasteiger charge is -2.46. The summed E-state index contributed by atoms with van der Waals surface area (Å²) in [5, 5.41) is 0. The van der Waals surface area contributed by atoms with E-state index in [1.807, 2.05) is 11.8 Å². The van der Waals surface area contributed by atoms with Gasteiger partial charge in [-0.15, -0.1) is 0 Å². The summed E-state index contributed by atoms with van der Waals surface area (Å²) in [6.45, 7) is 3.12. The summed E-state index contributed by atoms with van der Waals surface area (Å²) >= 11 is 3.99. The highest BCUT2D eigenvalue weighted by atomic mass is 32.2. The number of rotatable bonds is 5. The summed E-state index contributed by atoms with van der Waals surface area (Å²) in [7, 11) is 2.25. The fourth-order valence-electron chi connectivity index (χ4n) is 2.27. The molecule has 0 saturated carbocycles. The first-order valence-electron chi connectivity index (χ1n) is 5.66. The van der Waals surface area contributed by atoms with Crippen LogP contribution in [0.25, 0.3) is 0 Å². The molecule has 1 aliphatic heterocycles. The Morgan fingerprint density at radius 2 is 2.07 bits per heavy atom. The summed E-state index contributed by atoms with van der Waals surface area (Å²) in [6, 6.07) is 0.631. The van der Waals surface area contributed by atoms with Gasteiger partial charge in [0, 0.05) is 23.9 Å². The monoisotopic (exact) mass is 248 g/mol. The molecule has 90 valence electrons. The SMILES string of the molecule is CSCC(C)N(C)C1(CN)CCSCC1. The van der Waals surface area contributed by atoms with Crippen LogP contribution in [-0.4, -0.2) is 53.6 Å². The third-order valence-corrected chi connectivity index (χ3v) is 5.42. The van der Waals surface area contributed by atoms with Crippen LogP contribution in [0.3, 0.4) is 0 Å². The molecular weight excluding hydrogens is 224 g/mol. The number of hydrogen-bond donors (Lipinski definition) is 1. The van der Waals surface area contributed by atoms with Crippen molar-refractivity contribution in [3.63, 3.8) is 0 Å². The number of nitrogens with zero attached hydrogens (tertiary/aromatic N) is 1. The number of nitrogens with two attached hydrogens (primary N) is 1. The van der Waals surface area contributed by atoms with Crippen LogP contribution in [0.1, 0.15) is 19.8 Å². The minimum Gasteiger partial charge on any atom is -0.329 e. The molecule has 0 aromatic heterocycles. The zero-order valence-corrected chi connectivity index (χ0v) is 11.8. The number of thioether (sulfide) groups is 2. The van der Waals surface area contributed by atoms with Crippen molar-refractivity contribution in [3.8, 4) is 0 Å². The van der Waals surface area contributed by atoms with Gasteiger partial charge in [0.15, 0.2) is 0 Å². The number of hydrogen-bond acceptors (Lipinski definition) is 4. The van der Waals surface area contributed by atoms with Gasteiger partial charge in [-0.1, -0.05) is 0 Å². The van der Waals surface area contributed by atoms with Crippen LogP contribution in [0.15, 0.2) is 0 Å². The van der Waals surface area contributed by atoms with E-state index in [9.17, 15) is 0 Å². The molecule has 2 N–H and O–H groups in total. The fraction of sp³-hybridized carbons (Fsp3) is 1.00. The highest BCUT2D eigenvalue weighted by molar-refractivity contribution is 7.99. The maximum Gasteiger partial charge on any atom is 0.0347 e. The molecular formula is C11H24N2S2. The van der Waals surface area contributed by atoms with Gasteiger partial charge < -0.3 is 5.73 Å². The first-order valence-corrected chi connectivity index (χ1v) is 8.21. The lowest BCUT2D eigenvalue weighted by molar-refractivity contribution is 0.0854. The van der Waals surface area contributed by atoms with Gasteiger partial charge in [0.1, 0.15) is 0 Å². The van der Waals surface area contributed by atoms with Crippen LogP contribution < -0.4 is 5.73 Å². The molecule has 15 heavy (non-hydrogen) atoms. The Labute approximate surface area is 103 Å². The Morgan fingerprint density at radius 1 is 1.47 bits per heavy atom. The molecule has 0 radical (unpaired) electrons. The van der Waals surface area contributed by atoms with E-state index in [4.69, 9.17) is 5.73 Å². The molecule has 0 aromatic rings. The van der Waals surface area contributed by atoms with E-state index in [-0.39, 0.29) is 5.54 Å². The molecule has 4 heteroatoms. The van der Waals surface area contributed by atoms with Crippen molar-refractivity contribution < 1.29 is 0 Å². The molecule has 1 atom stereocenters. The van der Waals surface area contributed by atoms with E-state index in [0.717, 1.165) is 6.54 Å². The van der Waals surface area contributed by atoms with E-state index in [0.29, 0.717) is 6.04 Å². The van der Waals surface area contributed by atoms with Gasteiger partial charge in [-0.05, 0) is 44.6 Å². The third kappa shape index (κ3) is 3.29. The number of likely N-dealkylation sites (N-methyl/N-ethyl adjacent to an activating group) is 1. The first kappa shape index (κ1) is 13.7. The molecule has 0 aromatic carbocycles. The first-order chi connectivity index (χ1) is 7.16. The Bertz CT molecular complexity index is 181. The van der Waals surface area contributed by atoms with Crippen LogP contribution in [0.5, 0.6) is 0 Å². The van der Waals surface area contributed by atoms with Crippen molar-refractivity contribution >= 4 is 23.5 Å². The second-order valence-corrected chi connectivity index (χ2v) is 6.59. The van der Waals surface area contributed by atoms with Crippen molar-refractivity contribution in [1.29, 1.82) is 0 Å². The molecule has 1 fully saturated rings. The summed E-state index contributed by atoms with van der Waals surface area (Å²) in [4.78, 5) is 2.53. The molecule has 1 rings (SSSR count). The summed E-state index contributed by atoms with van der Waals surface area (Å²) < 4.78 is 0. The summed E-state index contributed by atoms with van der Waals surface area (Å²) in [6.07, 6.45) is 4.68. The van der Waals surface area contributed by atoms with Crippen molar-refractivity contribution in [2.75, 3.05) is 37.1 Å². The van der Waals surface area contributed by atoms with Crippen LogP contribution in [0, 0.1) is 0 Å². The average molecular weight is 248 g/mol. The zero-order chi connectivity index (χ0) is 11.3. The Balaban J connectivity index is 2.62. The Kier molecular flexibility index (Phi) is 5.82. The molecule has 1 aliphatic rings. The normalized spacial score (nSPS) is 23.0. The molecule has 0 aliphatic carbocycles. The van der Waals surface area contributed by atoms with Crippen molar-refractivity contribution in [1.82, 2.24) is 4.90 Å². The Morgan fingerprint density at radius 3 is 2.53 bits per heavy atom. The van der Waals surface area contributed by atoms with Crippen molar-refractivity contribution in [3.05, 3.63) is 0 Å². The van der Waals surface area contributed by atoms with Gasteiger partial charge in [-0.2, -0.15) is 23.5 Å². The summed E-state index contributed by atoms with van der Waals surface area (Å²) in [5.74, 6) is 3.74. The predicted octanol–water partition coefficient (Wildman–Crippen LogP) is 1.89. The largest absolute Gasteiger partial charge is 0.329 e. The fourth-order valence-corrected chi connectivity index (χ4v) is 4.23. The topological polar surface area (TPSA) is 29.3 Å². The zero-order valence-electron chi connectivity index (χ0n) is 10.2. The summed E-state index contributed by atoms with van der Waals surface area (Å²) in [5.41, 5.74) is 6.29. The second kappa shape index (κ2) is 6.38. The standard InChI is InChI=1S/C11H24N2S2/c1-10(8-14-3)13(2)11(9-12)4-6-15-7-5-11/h10H,4-9,12H2,1-3H3. The maximum atomic E-state index is 6.02. The van der Waals surface area contributed by atoms with Crippen molar-refractivity contribution in [2.24, 2.45) is 5.73 Å². The lowest BCUT2D eigenvalue weighted by Crippen LogP contribution is -2.57. The van der Waals surface area contributed by atoms with Gasteiger partial charge in [0.05, 0.1) is 0 Å².